The summed E-state index contributed by atoms with van der Waals surface area (Å²) in [6.45, 7) is 18.0. The monoisotopic (exact) mass is 965 g/mol. The summed E-state index contributed by atoms with van der Waals surface area (Å²) in [7, 11) is 2.85. The molecule has 0 saturated heterocycles. The number of rotatable bonds is 4. The fraction of sp³-hybridized carbons (Fsp3) is 0.400. The molecule has 5 aromatic rings. The Morgan fingerprint density at radius 3 is 1.10 bits per heavy atom. The van der Waals surface area contributed by atoms with E-state index in [0.717, 1.165) is 170 Å². The van der Waals surface area contributed by atoms with Crippen LogP contribution in [0.2, 0.25) is 0 Å². The van der Waals surface area contributed by atoms with Crippen LogP contribution < -0.4 is 9.97 Å². The van der Waals surface area contributed by atoms with Gasteiger partial charge in [-0.1, -0.05) is 100 Å². The molecule has 0 saturated carbocycles. The Kier molecular flexibility index (Phi) is 18.4. The summed E-state index contributed by atoms with van der Waals surface area (Å²) in [5.74, 6) is -0.696. The summed E-state index contributed by atoms with van der Waals surface area (Å²) >= 11 is 0. The van der Waals surface area contributed by atoms with E-state index < -0.39 is 0 Å². The van der Waals surface area contributed by atoms with E-state index in [0.29, 0.717) is 11.1 Å². The summed E-state index contributed by atoms with van der Waals surface area (Å²) in [5, 5.41) is 0. The van der Waals surface area contributed by atoms with Gasteiger partial charge in [-0.15, -0.1) is 35.2 Å². The fourth-order valence-corrected chi connectivity index (χ4v) is 10.9. The van der Waals surface area contributed by atoms with Gasteiger partial charge in [-0.25, -0.2) is 19.6 Å². The van der Waals surface area contributed by atoms with E-state index in [1.807, 2.05) is 65.8 Å². The average molecular weight is 966 g/mol. The minimum absolute atomic E-state index is 0. The Morgan fingerprint density at radius 1 is 0.464 bits per heavy atom. The molecule has 0 fully saturated rings. The Labute approximate surface area is 421 Å². The first-order chi connectivity index (χ1) is 33.5. The maximum Gasteiger partial charge on any atom is 2.00 e. The molecule has 0 atom stereocenters. The second-order valence-corrected chi connectivity index (χ2v) is 17.2. The number of aromatic nitrogens is 4. The number of carbonyl (C=O) groups is 2. The first-order valence-corrected chi connectivity index (χ1v) is 25.5. The van der Waals surface area contributed by atoms with Gasteiger partial charge >= 0.3 is 29.0 Å². The maximum atomic E-state index is 12.6. The molecule has 0 spiro atoms. The van der Waals surface area contributed by atoms with Crippen LogP contribution in [0.5, 0.6) is 0 Å². The van der Waals surface area contributed by atoms with Gasteiger partial charge in [-0.2, -0.15) is 0 Å². The van der Waals surface area contributed by atoms with E-state index in [4.69, 9.17) is 29.4 Å². The molecule has 0 N–H and O–H groups in total. The number of esters is 2. The summed E-state index contributed by atoms with van der Waals surface area (Å²) in [6.07, 6.45) is 16.7. The quantitative estimate of drug-likeness (QED) is 0.0996. The van der Waals surface area contributed by atoms with Crippen molar-refractivity contribution in [2.45, 2.75) is 144 Å². The number of nitrogens with zero attached hydrogens (tertiary/aromatic N) is 4. The minimum Gasteiger partial charge on any atom is -0.657 e. The van der Waals surface area contributed by atoms with Crippen molar-refractivity contribution >= 4 is 56.3 Å². The van der Waals surface area contributed by atoms with Crippen LogP contribution in [0.15, 0.2) is 73.8 Å². The molecule has 2 aromatic carbocycles. The maximum absolute atomic E-state index is 12.6. The molecule has 1 radical (unpaired) electrons. The van der Waals surface area contributed by atoms with Gasteiger partial charge in [0, 0.05) is 0 Å². The van der Waals surface area contributed by atoms with Crippen molar-refractivity contribution in [2.75, 3.05) is 14.2 Å². The second kappa shape index (κ2) is 24.2. The topological polar surface area (TPSA) is 107 Å². The van der Waals surface area contributed by atoms with E-state index in [1.54, 1.807) is 0 Å². The zero-order valence-electron chi connectivity index (χ0n) is 42.3. The summed E-state index contributed by atoms with van der Waals surface area (Å²) in [5.41, 5.74) is 23.8. The number of hydrogen-bond acceptors (Lipinski definition) is 6. The van der Waals surface area contributed by atoms with Crippen molar-refractivity contribution in [1.82, 2.24) is 19.9 Å². The van der Waals surface area contributed by atoms with E-state index in [-0.39, 0.29) is 29.0 Å². The van der Waals surface area contributed by atoms with E-state index in [9.17, 15) is 9.59 Å². The number of hydrogen-bond donors (Lipinski definition) is 0. The smallest absolute Gasteiger partial charge is 0.657 e. The van der Waals surface area contributed by atoms with Crippen LogP contribution in [-0.4, -0.2) is 36.1 Å². The third-order valence-electron chi connectivity index (χ3n) is 13.9. The molecular weight excluding hydrogens is 896 g/mol. The normalized spacial score (nSPS) is 15.2. The van der Waals surface area contributed by atoms with Gasteiger partial charge in [0.2, 0.25) is 0 Å². The predicted molar refractivity (Wildman–Crippen MR) is 282 cm³/mol. The second-order valence-electron chi connectivity index (χ2n) is 17.2. The zero-order chi connectivity index (χ0) is 48.5. The number of allylic oxidation sites excluding steroid dienone is 4. The summed E-state index contributed by atoms with van der Waals surface area (Å²) in [4.78, 5) is 47.9. The molecule has 8 bridgehead atoms. The van der Waals surface area contributed by atoms with Crippen molar-refractivity contribution in [1.29, 1.82) is 0 Å². The van der Waals surface area contributed by atoms with Gasteiger partial charge in [0.05, 0.1) is 48.1 Å². The molecule has 8 nitrogen and oxygen atoms in total. The number of ether oxygens (including phenoxy) is 2. The van der Waals surface area contributed by atoms with Crippen molar-refractivity contribution in [3.05, 3.63) is 130 Å². The molecule has 361 valence electrons. The van der Waals surface area contributed by atoms with Crippen LogP contribution in [0, 0.1) is 0 Å². The molecule has 69 heavy (non-hydrogen) atoms. The average Bonchev–Trinajstić information content (AvgIpc) is 4.18. The summed E-state index contributed by atoms with van der Waals surface area (Å²) < 4.78 is 10.2. The molecule has 9 heteroatoms. The first kappa shape index (κ1) is 52.6. The molecule has 3 aromatic heterocycles. The number of methoxy groups -OCH3 is 2. The van der Waals surface area contributed by atoms with Crippen LogP contribution >= 0.6 is 0 Å². The van der Waals surface area contributed by atoms with Crippen LogP contribution in [0.1, 0.15) is 184 Å². The molecule has 5 heterocycles. The Balaban J connectivity index is 0.000000829. The summed E-state index contributed by atoms with van der Waals surface area (Å²) in [6, 6.07) is 20.3. The van der Waals surface area contributed by atoms with Crippen LogP contribution in [0.25, 0.3) is 66.6 Å². The largest absolute Gasteiger partial charge is 2.00 e. The molecule has 0 amide bonds. The number of benzene rings is 2. The van der Waals surface area contributed by atoms with Crippen molar-refractivity contribution in [3.63, 3.8) is 0 Å². The number of carbonyl (C=O) groups excluding carboxylic acids is 2. The standard InChI is InChI=1S/C52H49N4O4.3C2H6.C2H4.Mn/c1-59-51(57)31-23-19-29(20-24-31)45-47-37-15-7-3-11-33(37)41(53-47)27-43-35-13-5-9-17-39(35)49(55-43)46(30-21-25-32(26-22-30)52(58)60-2)50-40-18-10-6-14-36(40)44(56-50)28-42-34-12-4-8-16-38(34)48(45)54-42;4*1-2;/h19-28H,3-18H2,1-2H3,(H-,53,54,55,56,57,58);3*1-2H3;1-2H2;/q-1;;;;;+2/p-1. The molecule has 2 aliphatic heterocycles. The van der Waals surface area contributed by atoms with Gasteiger partial charge in [0.25, 0.3) is 0 Å². The minimum atomic E-state index is -0.348. The Morgan fingerprint density at radius 2 is 0.768 bits per heavy atom. The van der Waals surface area contributed by atoms with Crippen molar-refractivity contribution in [3.8, 4) is 22.3 Å². The van der Waals surface area contributed by atoms with Gasteiger partial charge in [-0.3, -0.25) is 0 Å². The van der Waals surface area contributed by atoms with Crippen LogP contribution in [0.4, 0.5) is 0 Å². The molecule has 6 aliphatic rings. The number of fused-ring (bicyclic) bond motifs is 18. The first-order valence-electron chi connectivity index (χ1n) is 25.5. The van der Waals surface area contributed by atoms with Gasteiger partial charge in [-0.05, 0) is 172 Å². The van der Waals surface area contributed by atoms with E-state index in [2.05, 4.69) is 49.6 Å². The third-order valence-corrected chi connectivity index (χ3v) is 13.9. The molecule has 11 rings (SSSR count). The Hall–Kier alpha value is -5.76. The van der Waals surface area contributed by atoms with Gasteiger partial charge in [0.15, 0.2) is 0 Å². The van der Waals surface area contributed by atoms with Crippen molar-refractivity contribution < 1.29 is 36.1 Å². The molecule has 4 aliphatic carbocycles. The molecule has 0 unspecified atom stereocenters. The SMILES string of the molecule is C=C.CC.CC.CC.COC(=O)c1ccc(-c2c3nc(cc4[n-]c(c5c4CCCC5)c(-c4ccc(C(=O)OC)cc4)c4nc(cc5[n-]c2c2c5CCCC2)C2=C4CCCC2)C2=C3CCCC2)cc1.[Mn+2]. The predicted octanol–water partition coefficient (Wildman–Crippen LogP) is 15.1. The fourth-order valence-electron chi connectivity index (χ4n) is 10.9. The van der Waals surface area contributed by atoms with E-state index >= 15 is 0 Å². The van der Waals surface area contributed by atoms with Crippen LogP contribution in [-0.2, 0) is 52.2 Å². The Bertz CT molecular complexity index is 2700. The van der Waals surface area contributed by atoms with Crippen LogP contribution in [0.3, 0.4) is 0 Å². The number of aryl methyl sites for hydroxylation is 4. The molecular formula is C60H70MnN4O4. The van der Waals surface area contributed by atoms with Crippen molar-refractivity contribution in [2.24, 2.45) is 0 Å². The zero-order valence-corrected chi connectivity index (χ0v) is 43.5. The van der Waals surface area contributed by atoms with Gasteiger partial charge < -0.3 is 19.4 Å². The van der Waals surface area contributed by atoms with Gasteiger partial charge in [0.1, 0.15) is 0 Å². The van der Waals surface area contributed by atoms with E-state index in [1.165, 1.54) is 58.8 Å². The third kappa shape index (κ3) is 10.0.